The third-order valence-corrected chi connectivity index (χ3v) is 0.0500. The summed E-state index contributed by atoms with van der Waals surface area (Å²) in [6.07, 6.45) is 0. The van der Waals surface area contributed by atoms with Crippen LogP contribution in [-0.2, 0) is 0 Å². The Bertz CT molecular complexity index is 66.5. The van der Waals surface area contributed by atoms with Crippen LogP contribution in [0, 0.1) is 22.7 Å². The molecule has 0 spiro atoms. The molecule has 34 valence electrons. The van der Waals surface area contributed by atoms with Crippen molar-refractivity contribution in [2.24, 2.45) is 0 Å². The van der Waals surface area contributed by atoms with Crippen molar-refractivity contribution in [2.45, 2.75) is 0 Å². The number of nitrogens with zero attached hydrogens (tertiary/aromatic N) is 2. The fraction of sp³-hybridized carbons (Fsp3) is 0. The van der Waals surface area contributed by atoms with E-state index in [0.29, 0.717) is 0 Å². The second kappa shape index (κ2) is 18.3. The van der Waals surface area contributed by atoms with Gasteiger partial charge in [0.2, 0.25) is 0 Å². The average Bonchev–Trinajstić information content (AvgIpc) is 1.37. The Morgan fingerprint density at radius 2 is 1.17 bits per heavy atom. The molecule has 6 heavy (non-hydrogen) atoms. The van der Waals surface area contributed by atoms with E-state index in [4.69, 9.17) is 10.5 Å². The SMILES string of the molecule is N#CC#N.[AsH3].[SbH3]. The molecule has 0 aromatic rings. The van der Waals surface area contributed by atoms with Crippen LogP contribution >= 0.6 is 0 Å². The van der Waals surface area contributed by atoms with E-state index in [-0.39, 0.29) is 42.4 Å². The molecule has 0 bridgehead atoms. The summed E-state index contributed by atoms with van der Waals surface area (Å²) in [6, 6.07) is 2.47. The molecule has 0 aromatic carbocycles. The Morgan fingerprint density at radius 1 is 1.00 bits per heavy atom. The van der Waals surface area contributed by atoms with Crippen LogP contribution in [0.5, 0.6) is 0 Å². The molecule has 0 saturated heterocycles. The standard InChI is InChI=1S/C2N2.AsH3.Sb.3H/c3-1-2-4;;;;;/h;1H3;;;;. The van der Waals surface area contributed by atoms with Gasteiger partial charge in [-0.15, -0.1) is 0 Å². The zero-order valence-corrected chi connectivity index (χ0v) is 10.3. The Morgan fingerprint density at radius 3 is 1.17 bits per heavy atom. The molecule has 0 aliphatic heterocycles. The van der Waals surface area contributed by atoms with Crippen LogP contribution < -0.4 is 0 Å². The molecule has 0 radical (unpaired) electrons. The van der Waals surface area contributed by atoms with Crippen molar-refractivity contribution in [3.63, 3.8) is 0 Å². The van der Waals surface area contributed by atoms with Gasteiger partial charge in [-0.1, -0.05) is 0 Å². The van der Waals surface area contributed by atoms with Crippen LogP contribution in [0.2, 0.25) is 0 Å². The fourth-order valence-corrected chi connectivity index (χ4v) is 0. The van der Waals surface area contributed by atoms with Crippen molar-refractivity contribution >= 4 is 42.4 Å². The van der Waals surface area contributed by atoms with Gasteiger partial charge in [0.15, 0.2) is 12.1 Å². The monoisotopic (exact) mass is 254 g/mol. The first-order chi connectivity index (χ1) is 1.91. The minimum absolute atomic E-state index is 0. The van der Waals surface area contributed by atoms with Crippen molar-refractivity contribution in [1.29, 1.82) is 10.5 Å². The van der Waals surface area contributed by atoms with Gasteiger partial charge >= 0.3 is 42.4 Å². The zero-order valence-electron chi connectivity index (χ0n) is 3.31. The molecular formula is C2H6AsN2Sb. The van der Waals surface area contributed by atoms with Crippen molar-refractivity contribution in [3.05, 3.63) is 0 Å². The molecule has 1 unspecified atom stereocenters. The second-order valence-electron chi connectivity index (χ2n) is 0.224. The third kappa shape index (κ3) is 26.7. The summed E-state index contributed by atoms with van der Waals surface area (Å²) in [4.78, 5) is 0. The molecule has 2 nitrogen and oxygen atoms in total. The molecule has 0 heterocycles. The summed E-state index contributed by atoms with van der Waals surface area (Å²) in [7, 11) is 0. The maximum atomic E-state index is 7.26. The van der Waals surface area contributed by atoms with Gasteiger partial charge in [0, 0.05) is 0 Å². The van der Waals surface area contributed by atoms with Crippen molar-refractivity contribution in [1.82, 2.24) is 0 Å². The topological polar surface area (TPSA) is 47.6 Å². The quantitative estimate of drug-likeness (QED) is 0.455. The first-order valence-corrected chi connectivity index (χ1v) is 0.697. The van der Waals surface area contributed by atoms with Gasteiger partial charge in [-0.25, -0.2) is 0 Å². The van der Waals surface area contributed by atoms with E-state index in [2.05, 4.69) is 0 Å². The Labute approximate surface area is 64.9 Å². The molecule has 4 heteroatoms. The van der Waals surface area contributed by atoms with E-state index in [9.17, 15) is 0 Å². The van der Waals surface area contributed by atoms with Crippen LogP contribution in [0.4, 0.5) is 0 Å². The van der Waals surface area contributed by atoms with E-state index in [1.54, 1.807) is 0 Å². The third-order valence-electron chi connectivity index (χ3n) is 0.0500. The van der Waals surface area contributed by atoms with E-state index in [0.717, 1.165) is 0 Å². The first-order valence-electron chi connectivity index (χ1n) is 0.697. The molecule has 0 amide bonds. The van der Waals surface area contributed by atoms with Gasteiger partial charge in [0.05, 0.1) is 0 Å². The Hall–Kier alpha value is 0.357. The summed E-state index contributed by atoms with van der Waals surface area (Å²) in [5.74, 6) is 0. The zero-order chi connectivity index (χ0) is 3.41. The fourth-order valence-electron chi connectivity index (χ4n) is 0. The van der Waals surface area contributed by atoms with Gasteiger partial charge in [-0.3, -0.25) is 0 Å². The summed E-state index contributed by atoms with van der Waals surface area (Å²) in [5, 5.41) is 14.5. The summed E-state index contributed by atoms with van der Waals surface area (Å²) >= 11 is 0. The molecule has 0 aliphatic carbocycles. The van der Waals surface area contributed by atoms with Gasteiger partial charge < -0.3 is 0 Å². The molecule has 0 rings (SSSR count). The Kier molecular flexibility index (Phi) is 49.4. The summed E-state index contributed by atoms with van der Waals surface area (Å²) in [6.45, 7) is 0. The number of nitriles is 2. The molecular weight excluding hydrogens is 249 g/mol. The van der Waals surface area contributed by atoms with Crippen LogP contribution in [0.3, 0.4) is 0 Å². The van der Waals surface area contributed by atoms with Crippen LogP contribution in [0.25, 0.3) is 0 Å². The van der Waals surface area contributed by atoms with Crippen LogP contribution in [0.15, 0.2) is 0 Å². The van der Waals surface area contributed by atoms with Crippen molar-refractivity contribution in [3.8, 4) is 12.1 Å². The molecule has 0 N–H and O–H groups in total. The molecule has 1 atom stereocenters. The average molecular weight is 255 g/mol. The van der Waals surface area contributed by atoms with Crippen LogP contribution in [0.1, 0.15) is 0 Å². The second-order valence-corrected chi connectivity index (χ2v) is 0.224. The first kappa shape index (κ1) is 16.2. The van der Waals surface area contributed by atoms with E-state index in [1.807, 2.05) is 0 Å². The summed E-state index contributed by atoms with van der Waals surface area (Å²) < 4.78 is 0. The number of hydrogen-bond donors (Lipinski definition) is 0. The van der Waals surface area contributed by atoms with Gasteiger partial charge in [-0.05, 0) is 0 Å². The van der Waals surface area contributed by atoms with Crippen molar-refractivity contribution < 1.29 is 0 Å². The molecule has 0 saturated carbocycles. The van der Waals surface area contributed by atoms with Gasteiger partial charge in [-0.2, -0.15) is 10.5 Å². The van der Waals surface area contributed by atoms with E-state index in [1.165, 1.54) is 12.1 Å². The van der Waals surface area contributed by atoms with Gasteiger partial charge in [0.1, 0.15) is 0 Å². The molecule has 0 aliphatic rings. The summed E-state index contributed by atoms with van der Waals surface area (Å²) in [5.41, 5.74) is 0. The van der Waals surface area contributed by atoms with Crippen LogP contribution in [-0.4, -0.2) is 42.4 Å². The van der Waals surface area contributed by atoms with Crippen molar-refractivity contribution in [2.75, 3.05) is 0 Å². The minimum atomic E-state index is 0. The van der Waals surface area contributed by atoms with E-state index < -0.39 is 0 Å². The van der Waals surface area contributed by atoms with E-state index >= 15 is 0 Å². The van der Waals surface area contributed by atoms with Gasteiger partial charge in [0.25, 0.3) is 0 Å². The normalized spacial score (nSPS) is 1.67. The molecule has 0 fully saturated rings. The number of rotatable bonds is 0. The predicted octanol–water partition coefficient (Wildman–Crippen LogP) is -2.33. The Balaban J connectivity index is -0.0000000450. The number of hydrogen-bond acceptors (Lipinski definition) is 2. The molecule has 0 aromatic heterocycles. The maximum absolute atomic E-state index is 7.26. The predicted molar refractivity (Wildman–Crippen MR) is 31.1 cm³/mol.